The molecule has 0 bridgehead atoms. The van der Waals surface area contributed by atoms with Crippen molar-refractivity contribution >= 4 is 5.97 Å². The summed E-state index contributed by atoms with van der Waals surface area (Å²) in [4.78, 5) is 13.6. The van der Waals surface area contributed by atoms with Crippen LogP contribution in [0.25, 0.3) is 0 Å². The van der Waals surface area contributed by atoms with Gasteiger partial charge in [0.25, 0.3) is 0 Å². The molecule has 1 aliphatic carbocycles. The van der Waals surface area contributed by atoms with Crippen LogP contribution in [0.4, 0.5) is 13.2 Å². The molecular weight excluding hydrogens is 283 g/mol. The summed E-state index contributed by atoms with van der Waals surface area (Å²) in [6, 6.07) is -0.108. The number of hydrogen-bond donors (Lipinski definition) is 1. The second-order valence-electron chi connectivity index (χ2n) is 6.61. The smallest absolute Gasteiger partial charge is 0.391 e. The molecule has 0 radical (unpaired) electrons. The van der Waals surface area contributed by atoms with Crippen LogP contribution in [0.5, 0.6) is 0 Å². The lowest BCUT2D eigenvalue weighted by molar-refractivity contribution is -0.186. The van der Waals surface area contributed by atoms with E-state index in [0.29, 0.717) is 32.4 Å². The molecule has 3 atom stereocenters. The first-order valence-electron chi connectivity index (χ1n) is 7.82. The summed E-state index contributed by atoms with van der Waals surface area (Å²) in [5.41, 5.74) is -0.750. The van der Waals surface area contributed by atoms with Gasteiger partial charge in [-0.05, 0) is 38.6 Å². The van der Waals surface area contributed by atoms with Crippen molar-refractivity contribution in [1.29, 1.82) is 0 Å². The molecule has 2 aliphatic rings. The summed E-state index contributed by atoms with van der Waals surface area (Å²) in [5, 5.41) is 9.49. The Morgan fingerprint density at radius 1 is 1.38 bits per heavy atom. The van der Waals surface area contributed by atoms with Crippen LogP contribution in [-0.4, -0.2) is 41.3 Å². The van der Waals surface area contributed by atoms with E-state index in [9.17, 15) is 23.1 Å². The van der Waals surface area contributed by atoms with Crippen LogP contribution in [0, 0.1) is 11.3 Å². The predicted octanol–water partition coefficient (Wildman–Crippen LogP) is 3.68. The monoisotopic (exact) mass is 307 g/mol. The predicted molar refractivity (Wildman–Crippen MR) is 73.0 cm³/mol. The molecule has 0 spiro atoms. The highest BCUT2D eigenvalue weighted by Crippen LogP contribution is 2.43. The third kappa shape index (κ3) is 3.52. The minimum absolute atomic E-state index is 0.108. The Morgan fingerprint density at radius 2 is 2.10 bits per heavy atom. The van der Waals surface area contributed by atoms with Crippen molar-refractivity contribution in [3.63, 3.8) is 0 Å². The third-order valence-corrected chi connectivity index (χ3v) is 5.19. The fraction of sp³-hybridized carbons (Fsp3) is 0.933. The molecule has 122 valence electrons. The standard InChI is InChI=1S/C15H24F3NO2/c1-2-6-14(13(20)21)7-8-19(10-14)12-5-3-4-11(9-12)15(16,17)18/h11-12H,2-10H2,1H3,(H,20,21). The van der Waals surface area contributed by atoms with Gasteiger partial charge in [-0.2, -0.15) is 13.2 Å². The minimum atomic E-state index is -4.12. The highest BCUT2D eigenvalue weighted by Gasteiger charge is 2.48. The number of nitrogens with zero attached hydrogens (tertiary/aromatic N) is 1. The van der Waals surface area contributed by atoms with Crippen LogP contribution in [0.15, 0.2) is 0 Å². The Balaban J connectivity index is 2.02. The molecule has 0 aromatic heterocycles. The van der Waals surface area contributed by atoms with Crippen molar-refractivity contribution < 1.29 is 23.1 Å². The van der Waals surface area contributed by atoms with Gasteiger partial charge >= 0.3 is 12.1 Å². The molecule has 21 heavy (non-hydrogen) atoms. The molecule has 3 nitrogen and oxygen atoms in total. The van der Waals surface area contributed by atoms with Crippen LogP contribution in [0.3, 0.4) is 0 Å². The van der Waals surface area contributed by atoms with Gasteiger partial charge < -0.3 is 5.11 Å². The Kier molecular flexibility index (Phi) is 4.85. The fourth-order valence-electron chi connectivity index (χ4n) is 3.97. The van der Waals surface area contributed by atoms with Gasteiger partial charge in [-0.3, -0.25) is 9.69 Å². The number of hydrogen-bond acceptors (Lipinski definition) is 2. The lowest BCUT2D eigenvalue weighted by Gasteiger charge is -2.36. The van der Waals surface area contributed by atoms with E-state index in [0.717, 1.165) is 12.8 Å². The van der Waals surface area contributed by atoms with E-state index < -0.39 is 23.5 Å². The number of rotatable bonds is 4. The second kappa shape index (κ2) is 6.15. The van der Waals surface area contributed by atoms with Gasteiger partial charge in [0.2, 0.25) is 0 Å². The van der Waals surface area contributed by atoms with Gasteiger partial charge in [-0.15, -0.1) is 0 Å². The average Bonchev–Trinajstić information content (AvgIpc) is 2.84. The highest BCUT2D eigenvalue weighted by atomic mass is 19.4. The van der Waals surface area contributed by atoms with Crippen LogP contribution in [-0.2, 0) is 4.79 Å². The molecule has 0 aromatic rings. The Morgan fingerprint density at radius 3 is 2.67 bits per heavy atom. The number of alkyl halides is 3. The molecule has 1 saturated carbocycles. The number of likely N-dealkylation sites (tertiary alicyclic amines) is 1. The molecule has 1 aliphatic heterocycles. The van der Waals surface area contributed by atoms with E-state index in [1.54, 1.807) is 0 Å². The van der Waals surface area contributed by atoms with E-state index in [2.05, 4.69) is 0 Å². The van der Waals surface area contributed by atoms with Crippen molar-refractivity contribution in [2.24, 2.45) is 11.3 Å². The quantitative estimate of drug-likeness (QED) is 0.861. The molecule has 2 fully saturated rings. The summed E-state index contributed by atoms with van der Waals surface area (Å²) < 4.78 is 38.7. The lowest BCUT2D eigenvalue weighted by atomic mass is 9.82. The summed E-state index contributed by atoms with van der Waals surface area (Å²) in [6.45, 7) is 2.97. The van der Waals surface area contributed by atoms with Gasteiger partial charge in [0, 0.05) is 12.6 Å². The van der Waals surface area contributed by atoms with Crippen molar-refractivity contribution in [2.45, 2.75) is 64.1 Å². The zero-order valence-corrected chi connectivity index (χ0v) is 12.5. The van der Waals surface area contributed by atoms with Gasteiger partial charge in [-0.25, -0.2) is 0 Å². The number of aliphatic carboxylic acids is 1. The largest absolute Gasteiger partial charge is 0.481 e. The van der Waals surface area contributed by atoms with Crippen LogP contribution < -0.4 is 0 Å². The number of carboxylic acid groups (broad SMARTS) is 1. The normalized spacial score (nSPS) is 35.0. The van der Waals surface area contributed by atoms with Crippen molar-refractivity contribution in [2.75, 3.05) is 13.1 Å². The molecular formula is C15H24F3NO2. The fourth-order valence-corrected chi connectivity index (χ4v) is 3.97. The Bertz CT molecular complexity index is 386. The van der Waals surface area contributed by atoms with Crippen LogP contribution in [0.1, 0.15) is 51.9 Å². The summed E-state index contributed by atoms with van der Waals surface area (Å²) in [7, 11) is 0. The van der Waals surface area contributed by atoms with Crippen LogP contribution >= 0.6 is 0 Å². The summed E-state index contributed by atoms with van der Waals surface area (Å²) >= 11 is 0. The number of halogens is 3. The summed E-state index contributed by atoms with van der Waals surface area (Å²) in [6.07, 6.45) is -0.481. The molecule has 3 unspecified atom stereocenters. The molecule has 0 amide bonds. The maximum absolute atomic E-state index is 12.9. The zero-order chi connectivity index (χ0) is 15.7. The first-order valence-corrected chi connectivity index (χ1v) is 7.82. The van der Waals surface area contributed by atoms with Crippen molar-refractivity contribution in [1.82, 2.24) is 4.90 Å². The third-order valence-electron chi connectivity index (χ3n) is 5.19. The lowest BCUT2D eigenvalue weighted by Crippen LogP contribution is -2.43. The van der Waals surface area contributed by atoms with Crippen LogP contribution in [0.2, 0.25) is 0 Å². The van der Waals surface area contributed by atoms with E-state index in [-0.39, 0.29) is 18.9 Å². The maximum atomic E-state index is 12.9. The number of carbonyl (C=O) groups is 1. The van der Waals surface area contributed by atoms with Gasteiger partial charge in [0.05, 0.1) is 11.3 Å². The molecule has 1 heterocycles. The van der Waals surface area contributed by atoms with Gasteiger partial charge in [-0.1, -0.05) is 19.8 Å². The van der Waals surface area contributed by atoms with E-state index in [1.165, 1.54) is 0 Å². The second-order valence-corrected chi connectivity index (χ2v) is 6.61. The van der Waals surface area contributed by atoms with Crippen molar-refractivity contribution in [3.8, 4) is 0 Å². The van der Waals surface area contributed by atoms with E-state index in [1.807, 2.05) is 11.8 Å². The minimum Gasteiger partial charge on any atom is -0.481 e. The number of carboxylic acids is 1. The average molecular weight is 307 g/mol. The Hall–Kier alpha value is -0.780. The Labute approximate surface area is 123 Å². The van der Waals surface area contributed by atoms with Gasteiger partial charge in [0.15, 0.2) is 0 Å². The molecule has 6 heteroatoms. The topological polar surface area (TPSA) is 40.5 Å². The maximum Gasteiger partial charge on any atom is 0.391 e. The molecule has 1 N–H and O–H groups in total. The molecule has 1 saturated heterocycles. The molecule has 0 aromatic carbocycles. The van der Waals surface area contributed by atoms with Gasteiger partial charge in [0.1, 0.15) is 0 Å². The zero-order valence-electron chi connectivity index (χ0n) is 12.5. The first kappa shape index (κ1) is 16.6. The van der Waals surface area contributed by atoms with E-state index in [4.69, 9.17) is 0 Å². The highest BCUT2D eigenvalue weighted by molar-refractivity contribution is 5.75. The first-order chi connectivity index (χ1) is 9.78. The van der Waals surface area contributed by atoms with Crippen molar-refractivity contribution in [3.05, 3.63) is 0 Å². The summed E-state index contributed by atoms with van der Waals surface area (Å²) in [5.74, 6) is -2.02. The molecule has 2 rings (SSSR count). The van der Waals surface area contributed by atoms with E-state index >= 15 is 0 Å². The SMILES string of the molecule is CCCC1(C(=O)O)CCN(C2CCCC(C(F)(F)F)C2)C1.